The molecule has 3 N–H and O–H groups in total. The third-order valence-electron chi connectivity index (χ3n) is 4.55. The number of amides is 1. The molecule has 1 aliphatic heterocycles. The summed E-state index contributed by atoms with van der Waals surface area (Å²) in [5.74, 6) is -0.480. The Kier molecular flexibility index (Phi) is 5.33. The van der Waals surface area contributed by atoms with Crippen molar-refractivity contribution >= 4 is 11.6 Å². The van der Waals surface area contributed by atoms with Crippen LogP contribution in [-0.4, -0.2) is 40.4 Å². The molecule has 0 radical (unpaired) electrons. The van der Waals surface area contributed by atoms with E-state index in [1.807, 2.05) is 6.92 Å². The van der Waals surface area contributed by atoms with Crippen molar-refractivity contribution in [2.24, 2.45) is 0 Å². The smallest absolute Gasteiger partial charge is 0.226 e. The number of carbonyl (C=O) groups is 1. The van der Waals surface area contributed by atoms with Gasteiger partial charge in [0, 0.05) is 36.2 Å². The lowest BCUT2D eigenvalue weighted by Gasteiger charge is -2.34. The maximum absolute atomic E-state index is 13.8. The zero-order chi connectivity index (χ0) is 17.8. The van der Waals surface area contributed by atoms with E-state index >= 15 is 0 Å². The summed E-state index contributed by atoms with van der Waals surface area (Å²) in [5, 5.41) is 19.2. The fourth-order valence-electron chi connectivity index (χ4n) is 3.19. The van der Waals surface area contributed by atoms with Gasteiger partial charge in [-0.25, -0.2) is 4.39 Å². The number of nitrogens with zero attached hydrogens (tertiary/aromatic N) is 2. The highest BCUT2D eigenvalue weighted by atomic mass is 19.1. The molecule has 0 saturated carbocycles. The quantitative estimate of drug-likeness (QED) is 0.773. The maximum atomic E-state index is 13.8. The van der Waals surface area contributed by atoms with Crippen molar-refractivity contribution in [3.8, 4) is 0 Å². The van der Waals surface area contributed by atoms with E-state index in [0.29, 0.717) is 25.9 Å². The largest absolute Gasteiger partial charge is 0.393 e. The number of hydrogen-bond acceptors (Lipinski definition) is 4. The molecule has 2 heterocycles. The Morgan fingerprint density at radius 2 is 2.20 bits per heavy atom. The topological polar surface area (TPSA) is 81.2 Å². The molecular formula is C18H23FN4O2. The SMILES string of the molecule is C[C@@H](NC(=O)Cc1ccn[nH]1)c1cc(F)ccc1N1CCC(O)CC1. The van der Waals surface area contributed by atoms with E-state index in [4.69, 9.17) is 0 Å². The zero-order valence-corrected chi connectivity index (χ0v) is 14.2. The van der Waals surface area contributed by atoms with Gasteiger partial charge in [-0.1, -0.05) is 0 Å². The number of benzene rings is 1. The summed E-state index contributed by atoms with van der Waals surface area (Å²) >= 11 is 0. The van der Waals surface area contributed by atoms with E-state index in [1.165, 1.54) is 12.1 Å². The van der Waals surface area contributed by atoms with Gasteiger partial charge in [-0.2, -0.15) is 5.10 Å². The number of aromatic amines is 1. The van der Waals surface area contributed by atoms with Crippen LogP contribution in [-0.2, 0) is 11.2 Å². The number of aliphatic hydroxyl groups is 1. The molecule has 1 aromatic heterocycles. The number of aromatic nitrogens is 2. The molecule has 1 aromatic carbocycles. The van der Waals surface area contributed by atoms with E-state index in [1.54, 1.807) is 18.3 Å². The van der Waals surface area contributed by atoms with E-state index in [2.05, 4.69) is 20.4 Å². The monoisotopic (exact) mass is 346 g/mol. The minimum Gasteiger partial charge on any atom is -0.393 e. The van der Waals surface area contributed by atoms with Crippen LogP contribution in [0.2, 0.25) is 0 Å². The Morgan fingerprint density at radius 3 is 2.88 bits per heavy atom. The Morgan fingerprint density at radius 1 is 1.44 bits per heavy atom. The molecule has 7 heteroatoms. The number of aliphatic hydroxyl groups excluding tert-OH is 1. The van der Waals surface area contributed by atoms with Gasteiger partial charge in [-0.05, 0) is 44.0 Å². The van der Waals surface area contributed by atoms with Gasteiger partial charge in [-0.15, -0.1) is 0 Å². The first-order valence-electron chi connectivity index (χ1n) is 8.53. The predicted octanol–water partition coefficient (Wildman–Crippen LogP) is 1.93. The van der Waals surface area contributed by atoms with Crippen LogP contribution in [0.25, 0.3) is 0 Å². The fourth-order valence-corrected chi connectivity index (χ4v) is 3.19. The number of piperidine rings is 1. The van der Waals surface area contributed by atoms with E-state index in [0.717, 1.165) is 16.9 Å². The highest BCUT2D eigenvalue weighted by molar-refractivity contribution is 5.78. The van der Waals surface area contributed by atoms with Gasteiger partial charge in [-0.3, -0.25) is 9.89 Å². The molecule has 134 valence electrons. The molecule has 1 amide bonds. The van der Waals surface area contributed by atoms with E-state index < -0.39 is 0 Å². The maximum Gasteiger partial charge on any atom is 0.226 e. The van der Waals surface area contributed by atoms with Crippen molar-refractivity contribution < 1.29 is 14.3 Å². The summed E-state index contributed by atoms with van der Waals surface area (Å²) in [6, 6.07) is 6.08. The normalized spacial score (nSPS) is 16.7. The van der Waals surface area contributed by atoms with Crippen LogP contribution < -0.4 is 10.2 Å². The molecule has 1 saturated heterocycles. The summed E-state index contributed by atoms with van der Waals surface area (Å²) in [7, 11) is 0. The second-order valence-electron chi connectivity index (χ2n) is 6.47. The molecule has 6 nitrogen and oxygen atoms in total. The highest BCUT2D eigenvalue weighted by Gasteiger charge is 2.22. The van der Waals surface area contributed by atoms with Gasteiger partial charge in [0.2, 0.25) is 5.91 Å². The molecule has 3 rings (SSSR count). The molecule has 1 fully saturated rings. The molecule has 2 aromatic rings. The second kappa shape index (κ2) is 7.65. The van der Waals surface area contributed by atoms with Crippen LogP contribution in [0, 0.1) is 5.82 Å². The molecule has 1 atom stereocenters. The standard InChI is InChI=1S/C18H23FN4O2/c1-12(21-18(25)11-14-4-7-20-22-14)16-10-13(19)2-3-17(16)23-8-5-15(24)6-9-23/h2-4,7,10,12,15,24H,5-6,8-9,11H2,1H3,(H,20,22)(H,21,25)/t12-/m1/s1. The van der Waals surface area contributed by atoms with Crippen LogP contribution in [0.4, 0.5) is 10.1 Å². The number of halogens is 1. The van der Waals surface area contributed by atoms with Crippen molar-refractivity contribution in [1.82, 2.24) is 15.5 Å². The molecule has 1 aliphatic rings. The number of carbonyl (C=O) groups excluding carboxylic acids is 1. The lowest BCUT2D eigenvalue weighted by atomic mass is 10.0. The summed E-state index contributed by atoms with van der Waals surface area (Å²) < 4.78 is 13.8. The van der Waals surface area contributed by atoms with Crippen LogP contribution in [0.5, 0.6) is 0 Å². The Hall–Kier alpha value is -2.41. The number of nitrogens with one attached hydrogen (secondary N) is 2. The number of rotatable bonds is 5. The average molecular weight is 346 g/mol. The van der Waals surface area contributed by atoms with Gasteiger partial charge in [0.05, 0.1) is 18.6 Å². The second-order valence-corrected chi connectivity index (χ2v) is 6.47. The highest BCUT2D eigenvalue weighted by Crippen LogP contribution is 2.29. The minimum absolute atomic E-state index is 0.152. The van der Waals surface area contributed by atoms with Gasteiger partial charge in [0.1, 0.15) is 5.82 Å². The molecule has 0 unspecified atom stereocenters. The van der Waals surface area contributed by atoms with Crippen molar-refractivity contribution in [3.63, 3.8) is 0 Å². The Balaban J connectivity index is 1.73. The van der Waals surface area contributed by atoms with Crippen LogP contribution in [0.3, 0.4) is 0 Å². The molecule has 25 heavy (non-hydrogen) atoms. The summed E-state index contributed by atoms with van der Waals surface area (Å²) in [6.45, 7) is 3.28. The van der Waals surface area contributed by atoms with Crippen LogP contribution >= 0.6 is 0 Å². The minimum atomic E-state index is -0.328. The average Bonchev–Trinajstić information content (AvgIpc) is 3.08. The first-order chi connectivity index (χ1) is 12.0. The van der Waals surface area contributed by atoms with Crippen molar-refractivity contribution in [2.45, 2.75) is 38.3 Å². The third-order valence-corrected chi connectivity index (χ3v) is 4.55. The lowest BCUT2D eigenvalue weighted by molar-refractivity contribution is -0.121. The first-order valence-corrected chi connectivity index (χ1v) is 8.53. The predicted molar refractivity (Wildman–Crippen MR) is 92.7 cm³/mol. The van der Waals surface area contributed by atoms with Gasteiger partial charge in [0.25, 0.3) is 0 Å². The summed E-state index contributed by atoms with van der Waals surface area (Å²) in [5.41, 5.74) is 2.38. The van der Waals surface area contributed by atoms with E-state index in [9.17, 15) is 14.3 Å². The molecule has 0 spiro atoms. The fraction of sp³-hybridized carbons (Fsp3) is 0.444. The lowest BCUT2D eigenvalue weighted by Crippen LogP contribution is -2.37. The van der Waals surface area contributed by atoms with Crippen molar-refractivity contribution in [2.75, 3.05) is 18.0 Å². The third kappa shape index (κ3) is 4.36. The molecule has 0 aliphatic carbocycles. The number of hydrogen-bond donors (Lipinski definition) is 3. The summed E-state index contributed by atoms with van der Waals surface area (Å²) in [4.78, 5) is 14.3. The van der Waals surface area contributed by atoms with Crippen molar-refractivity contribution in [1.29, 1.82) is 0 Å². The Bertz CT molecular complexity index is 712. The van der Waals surface area contributed by atoms with E-state index in [-0.39, 0.29) is 30.3 Å². The van der Waals surface area contributed by atoms with Gasteiger partial charge in [0.15, 0.2) is 0 Å². The van der Waals surface area contributed by atoms with Gasteiger partial charge < -0.3 is 15.3 Å². The number of H-pyrrole nitrogens is 1. The molecule has 0 bridgehead atoms. The first kappa shape index (κ1) is 17.4. The number of anilines is 1. The zero-order valence-electron chi connectivity index (χ0n) is 14.2. The van der Waals surface area contributed by atoms with Crippen LogP contribution in [0.15, 0.2) is 30.5 Å². The summed E-state index contributed by atoms with van der Waals surface area (Å²) in [6.07, 6.45) is 2.91. The molecular weight excluding hydrogens is 323 g/mol. The van der Waals surface area contributed by atoms with Crippen molar-refractivity contribution in [3.05, 3.63) is 47.5 Å². The van der Waals surface area contributed by atoms with Crippen LogP contribution in [0.1, 0.15) is 37.1 Å². The van der Waals surface area contributed by atoms with Gasteiger partial charge >= 0.3 is 0 Å². The Labute approximate surface area is 146 Å².